The summed E-state index contributed by atoms with van der Waals surface area (Å²) in [6.45, 7) is 2.48. The van der Waals surface area contributed by atoms with Gasteiger partial charge in [-0.15, -0.1) is 0 Å². The van der Waals surface area contributed by atoms with E-state index in [-0.39, 0.29) is 24.7 Å². The topological polar surface area (TPSA) is 98.2 Å². The highest BCUT2D eigenvalue weighted by Crippen LogP contribution is 2.23. The number of hydrogen-bond acceptors (Lipinski definition) is 6. The third-order valence-electron chi connectivity index (χ3n) is 3.86. The first-order valence-corrected chi connectivity index (χ1v) is 9.12. The number of ether oxygens (including phenoxy) is 3. The van der Waals surface area contributed by atoms with E-state index in [4.69, 9.17) is 14.2 Å². The standard InChI is InChI=1S/C21H25N3O5/c1-4-29-17-9-6-16(7-10-17)23-20(25)11-12-21(26)24-22-14-15-5-8-18(27-2)13-19(15)28-3/h5-10,13-14H,4,11-12H2,1-3H3,(H,23,25)(H,24,26). The number of anilines is 1. The van der Waals surface area contributed by atoms with Crippen LogP contribution in [0.2, 0.25) is 0 Å². The second kappa shape index (κ2) is 11.3. The first-order chi connectivity index (χ1) is 14.0. The lowest BCUT2D eigenvalue weighted by atomic mass is 10.2. The molecular formula is C21H25N3O5. The normalized spacial score (nSPS) is 10.4. The molecule has 154 valence electrons. The second-order valence-electron chi connectivity index (χ2n) is 5.91. The molecule has 2 aromatic carbocycles. The van der Waals surface area contributed by atoms with E-state index >= 15 is 0 Å². The quantitative estimate of drug-likeness (QED) is 0.473. The average Bonchev–Trinajstić information content (AvgIpc) is 2.74. The highest BCUT2D eigenvalue weighted by molar-refractivity contribution is 5.93. The van der Waals surface area contributed by atoms with Gasteiger partial charge in [-0.1, -0.05) is 0 Å². The third kappa shape index (κ3) is 7.17. The molecule has 0 aliphatic rings. The first kappa shape index (κ1) is 21.7. The molecular weight excluding hydrogens is 374 g/mol. The summed E-state index contributed by atoms with van der Waals surface area (Å²) in [6, 6.07) is 12.3. The Morgan fingerprint density at radius 1 is 0.966 bits per heavy atom. The summed E-state index contributed by atoms with van der Waals surface area (Å²) in [4.78, 5) is 23.9. The fourth-order valence-corrected chi connectivity index (χ4v) is 2.41. The van der Waals surface area contributed by atoms with Gasteiger partial charge in [0.25, 0.3) is 0 Å². The van der Waals surface area contributed by atoms with Gasteiger partial charge in [-0.25, -0.2) is 5.43 Å². The van der Waals surface area contributed by atoms with Crippen LogP contribution in [0, 0.1) is 0 Å². The minimum Gasteiger partial charge on any atom is -0.497 e. The Morgan fingerprint density at radius 2 is 1.66 bits per heavy atom. The van der Waals surface area contributed by atoms with Gasteiger partial charge in [-0.05, 0) is 43.3 Å². The van der Waals surface area contributed by atoms with Gasteiger partial charge in [-0.2, -0.15) is 5.10 Å². The minimum absolute atomic E-state index is 0.0138. The first-order valence-electron chi connectivity index (χ1n) is 9.12. The van der Waals surface area contributed by atoms with Crippen LogP contribution in [0.1, 0.15) is 25.3 Å². The number of hydrogen-bond donors (Lipinski definition) is 2. The van der Waals surface area contributed by atoms with Gasteiger partial charge in [0.15, 0.2) is 0 Å². The maximum absolute atomic E-state index is 12.0. The molecule has 0 bridgehead atoms. The van der Waals surface area contributed by atoms with E-state index in [1.807, 2.05) is 6.92 Å². The lowest BCUT2D eigenvalue weighted by molar-refractivity contribution is -0.124. The predicted molar refractivity (Wildman–Crippen MR) is 111 cm³/mol. The van der Waals surface area contributed by atoms with Crippen LogP contribution in [0.5, 0.6) is 17.2 Å². The van der Waals surface area contributed by atoms with Crippen molar-refractivity contribution < 1.29 is 23.8 Å². The molecule has 0 atom stereocenters. The number of nitrogens with one attached hydrogen (secondary N) is 2. The zero-order chi connectivity index (χ0) is 21.1. The number of amides is 2. The molecule has 8 nitrogen and oxygen atoms in total. The van der Waals surface area contributed by atoms with Crippen molar-refractivity contribution in [3.05, 3.63) is 48.0 Å². The Labute approximate surface area is 169 Å². The maximum atomic E-state index is 12.0. The van der Waals surface area contributed by atoms with Gasteiger partial charge in [0.1, 0.15) is 17.2 Å². The van der Waals surface area contributed by atoms with E-state index in [2.05, 4.69) is 15.8 Å². The zero-order valence-corrected chi connectivity index (χ0v) is 16.7. The summed E-state index contributed by atoms with van der Waals surface area (Å²) in [5.74, 6) is 1.33. The Hall–Kier alpha value is -3.55. The number of methoxy groups -OCH3 is 2. The minimum atomic E-state index is -0.365. The molecule has 0 radical (unpaired) electrons. The largest absolute Gasteiger partial charge is 0.497 e. The Morgan fingerprint density at radius 3 is 2.31 bits per heavy atom. The van der Waals surface area contributed by atoms with Crippen molar-refractivity contribution in [3.8, 4) is 17.2 Å². The maximum Gasteiger partial charge on any atom is 0.240 e. The molecule has 29 heavy (non-hydrogen) atoms. The lowest BCUT2D eigenvalue weighted by Gasteiger charge is -2.07. The molecule has 0 spiro atoms. The van der Waals surface area contributed by atoms with Crippen LogP contribution in [0.4, 0.5) is 5.69 Å². The summed E-state index contributed by atoms with van der Waals surface area (Å²) in [7, 11) is 3.10. The summed E-state index contributed by atoms with van der Waals surface area (Å²) in [5.41, 5.74) is 3.72. The molecule has 8 heteroatoms. The molecule has 2 N–H and O–H groups in total. The van der Waals surface area contributed by atoms with Gasteiger partial charge in [-0.3, -0.25) is 9.59 Å². The van der Waals surface area contributed by atoms with E-state index in [0.29, 0.717) is 29.4 Å². The van der Waals surface area contributed by atoms with E-state index in [1.54, 1.807) is 49.6 Å². The van der Waals surface area contributed by atoms with E-state index in [0.717, 1.165) is 5.75 Å². The van der Waals surface area contributed by atoms with Crippen molar-refractivity contribution in [1.29, 1.82) is 0 Å². The molecule has 0 aliphatic carbocycles. The fourth-order valence-electron chi connectivity index (χ4n) is 2.41. The summed E-state index contributed by atoms with van der Waals surface area (Å²) >= 11 is 0. The number of benzene rings is 2. The van der Waals surface area contributed by atoms with Crippen molar-refractivity contribution in [1.82, 2.24) is 5.43 Å². The SMILES string of the molecule is CCOc1ccc(NC(=O)CCC(=O)NN=Cc2ccc(OC)cc2OC)cc1. The van der Waals surface area contributed by atoms with Crippen molar-refractivity contribution in [2.24, 2.45) is 5.10 Å². The molecule has 0 aromatic heterocycles. The van der Waals surface area contributed by atoms with E-state index in [9.17, 15) is 9.59 Å². The molecule has 2 rings (SSSR count). The van der Waals surface area contributed by atoms with E-state index in [1.165, 1.54) is 13.3 Å². The molecule has 0 aliphatic heterocycles. The molecule has 2 amide bonds. The molecule has 0 heterocycles. The van der Waals surface area contributed by atoms with Gasteiger partial charge >= 0.3 is 0 Å². The summed E-state index contributed by atoms with van der Waals surface area (Å²) in [6.07, 6.45) is 1.52. The summed E-state index contributed by atoms with van der Waals surface area (Å²) < 4.78 is 15.7. The highest BCUT2D eigenvalue weighted by atomic mass is 16.5. The van der Waals surface area contributed by atoms with Gasteiger partial charge in [0.2, 0.25) is 11.8 Å². The monoisotopic (exact) mass is 399 g/mol. The van der Waals surface area contributed by atoms with Crippen LogP contribution >= 0.6 is 0 Å². The van der Waals surface area contributed by atoms with Crippen LogP contribution in [-0.2, 0) is 9.59 Å². The molecule has 0 unspecified atom stereocenters. The number of carbonyl (C=O) groups is 2. The predicted octanol–water partition coefficient (Wildman–Crippen LogP) is 2.97. The van der Waals surface area contributed by atoms with Crippen molar-refractivity contribution in [2.75, 3.05) is 26.1 Å². The van der Waals surface area contributed by atoms with Crippen molar-refractivity contribution in [3.63, 3.8) is 0 Å². The zero-order valence-electron chi connectivity index (χ0n) is 16.7. The van der Waals surface area contributed by atoms with Crippen LogP contribution < -0.4 is 25.0 Å². The molecule has 2 aromatic rings. The molecule has 0 fully saturated rings. The van der Waals surface area contributed by atoms with Crippen LogP contribution in [0.25, 0.3) is 0 Å². The lowest BCUT2D eigenvalue weighted by Crippen LogP contribution is -2.20. The average molecular weight is 399 g/mol. The Kier molecular flexibility index (Phi) is 8.50. The number of hydrazone groups is 1. The summed E-state index contributed by atoms with van der Waals surface area (Å²) in [5, 5.41) is 6.64. The second-order valence-corrected chi connectivity index (χ2v) is 5.91. The van der Waals surface area contributed by atoms with Crippen LogP contribution in [0.15, 0.2) is 47.6 Å². The smallest absolute Gasteiger partial charge is 0.240 e. The van der Waals surface area contributed by atoms with Crippen LogP contribution in [0.3, 0.4) is 0 Å². The fraction of sp³-hybridized carbons (Fsp3) is 0.286. The molecule has 0 saturated carbocycles. The van der Waals surface area contributed by atoms with Gasteiger partial charge < -0.3 is 19.5 Å². The van der Waals surface area contributed by atoms with Crippen molar-refractivity contribution >= 4 is 23.7 Å². The molecule has 0 saturated heterocycles. The highest BCUT2D eigenvalue weighted by Gasteiger charge is 2.07. The Balaban J connectivity index is 1.77. The van der Waals surface area contributed by atoms with Gasteiger partial charge in [0, 0.05) is 30.2 Å². The Bertz CT molecular complexity index is 850. The number of nitrogens with zero attached hydrogens (tertiary/aromatic N) is 1. The van der Waals surface area contributed by atoms with Crippen LogP contribution in [-0.4, -0.2) is 38.9 Å². The number of rotatable bonds is 10. The third-order valence-corrected chi connectivity index (χ3v) is 3.86. The van der Waals surface area contributed by atoms with E-state index < -0.39 is 0 Å². The number of carbonyl (C=O) groups excluding carboxylic acids is 2. The van der Waals surface area contributed by atoms with Gasteiger partial charge in [0.05, 0.1) is 27.0 Å². The van der Waals surface area contributed by atoms with Crippen molar-refractivity contribution in [2.45, 2.75) is 19.8 Å².